The Balaban J connectivity index is 1.72. The standard InChI is InChI=1S/C22H23N3O4S/c1-14(2)18-6-3-7-19-20(18)23-22(30-19)24(13-17-5-4-12-29-17)21(26)15-8-10-16(11-9-15)25(27)28/h3,6-11,14,17H,4-5,12-13H2,1-2H3. The summed E-state index contributed by atoms with van der Waals surface area (Å²) in [6, 6.07) is 11.8. The van der Waals surface area contributed by atoms with Crippen LogP contribution in [0.1, 0.15) is 48.5 Å². The lowest BCUT2D eigenvalue weighted by Crippen LogP contribution is -2.37. The molecule has 30 heavy (non-hydrogen) atoms. The number of nitro groups is 1. The molecule has 1 saturated heterocycles. The number of thiazole rings is 1. The van der Waals surface area contributed by atoms with Gasteiger partial charge in [-0.25, -0.2) is 4.98 Å². The fourth-order valence-electron chi connectivity index (χ4n) is 3.66. The first-order valence-corrected chi connectivity index (χ1v) is 10.8. The summed E-state index contributed by atoms with van der Waals surface area (Å²) in [6.45, 7) is 5.36. The number of non-ortho nitro benzene ring substituents is 1. The van der Waals surface area contributed by atoms with Gasteiger partial charge >= 0.3 is 0 Å². The number of nitro benzene ring substituents is 1. The Morgan fingerprint density at radius 1 is 1.30 bits per heavy atom. The summed E-state index contributed by atoms with van der Waals surface area (Å²) in [5.41, 5.74) is 2.41. The lowest BCUT2D eigenvalue weighted by atomic mass is 10.0. The molecule has 0 saturated carbocycles. The SMILES string of the molecule is CC(C)c1cccc2sc(N(CC3CCCO3)C(=O)c3ccc([N+](=O)[O-])cc3)nc12. The van der Waals surface area contributed by atoms with Crippen molar-refractivity contribution in [1.82, 2.24) is 4.98 Å². The highest BCUT2D eigenvalue weighted by Gasteiger charge is 2.27. The van der Waals surface area contributed by atoms with Crippen LogP contribution in [0.4, 0.5) is 10.8 Å². The normalized spacial score (nSPS) is 16.3. The average molecular weight is 426 g/mol. The topological polar surface area (TPSA) is 85.6 Å². The number of fused-ring (bicyclic) bond motifs is 1. The van der Waals surface area contributed by atoms with Crippen LogP contribution in [0, 0.1) is 10.1 Å². The van der Waals surface area contributed by atoms with Crippen LogP contribution in [0.3, 0.4) is 0 Å². The van der Waals surface area contributed by atoms with Gasteiger partial charge in [-0.2, -0.15) is 0 Å². The molecule has 1 atom stereocenters. The van der Waals surface area contributed by atoms with Gasteiger partial charge in [-0.05, 0) is 42.5 Å². The largest absolute Gasteiger partial charge is 0.376 e. The minimum atomic E-state index is -0.473. The van der Waals surface area contributed by atoms with Crippen molar-refractivity contribution in [3.05, 3.63) is 63.7 Å². The van der Waals surface area contributed by atoms with Gasteiger partial charge in [-0.15, -0.1) is 0 Å². The van der Waals surface area contributed by atoms with E-state index in [1.54, 1.807) is 4.90 Å². The van der Waals surface area contributed by atoms with E-state index in [9.17, 15) is 14.9 Å². The van der Waals surface area contributed by atoms with Crippen molar-refractivity contribution in [1.29, 1.82) is 0 Å². The average Bonchev–Trinajstić information content (AvgIpc) is 3.40. The number of carbonyl (C=O) groups is 1. The van der Waals surface area contributed by atoms with E-state index in [1.165, 1.54) is 35.6 Å². The van der Waals surface area contributed by atoms with Gasteiger partial charge in [0.05, 0.1) is 27.8 Å². The van der Waals surface area contributed by atoms with Gasteiger partial charge in [-0.3, -0.25) is 19.8 Å². The molecule has 0 aliphatic carbocycles. The minimum absolute atomic E-state index is 0.0384. The van der Waals surface area contributed by atoms with Crippen LogP contribution in [0.25, 0.3) is 10.2 Å². The number of nitrogens with zero attached hydrogens (tertiary/aromatic N) is 3. The maximum atomic E-state index is 13.4. The van der Waals surface area contributed by atoms with Gasteiger partial charge in [0.2, 0.25) is 0 Å². The number of carbonyl (C=O) groups excluding carboxylic acids is 1. The van der Waals surface area contributed by atoms with Crippen LogP contribution in [0.5, 0.6) is 0 Å². The van der Waals surface area contributed by atoms with Crippen molar-refractivity contribution >= 4 is 38.3 Å². The number of hydrogen-bond donors (Lipinski definition) is 0. The molecule has 3 aromatic rings. The van der Waals surface area contributed by atoms with Crippen LogP contribution in [-0.2, 0) is 4.74 Å². The highest BCUT2D eigenvalue weighted by Crippen LogP contribution is 2.34. The molecule has 2 heterocycles. The number of para-hydroxylation sites is 1. The second kappa shape index (κ2) is 8.49. The van der Waals surface area contributed by atoms with E-state index in [1.807, 2.05) is 12.1 Å². The predicted molar refractivity (Wildman–Crippen MR) is 117 cm³/mol. The summed E-state index contributed by atoms with van der Waals surface area (Å²) in [6.07, 6.45) is 1.83. The zero-order chi connectivity index (χ0) is 21.3. The third-order valence-corrected chi connectivity index (χ3v) is 6.32. The van der Waals surface area contributed by atoms with Gasteiger partial charge in [0, 0.05) is 24.3 Å². The lowest BCUT2D eigenvalue weighted by Gasteiger charge is -2.23. The molecule has 1 amide bonds. The van der Waals surface area contributed by atoms with Crippen LogP contribution in [0.15, 0.2) is 42.5 Å². The molecular weight excluding hydrogens is 402 g/mol. The number of aromatic nitrogens is 1. The number of amides is 1. The third-order valence-electron chi connectivity index (χ3n) is 5.27. The van der Waals surface area contributed by atoms with Crippen LogP contribution in [0.2, 0.25) is 0 Å². The second-order valence-corrected chi connectivity index (χ2v) is 8.71. The van der Waals surface area contributed by atoms with E-state index in [4.69, 9.17) is 9.72 Å². The molecule has 2 aromatic carbocycles. The van der Waals surface area contributed by atoms with E-state index in [0.717, 1.165) is 28.6 Å². The van der Waals surface area contributed by atoms with E-state index in [0.29, 0.717) is 29.8 Å². The maximum absolute atomic E-state index is 13.4. The lowest BCUT2D eigenvalue weighted by molar-refractivity contribution is -0.384. The van der Waals surface area contributed by atoms with E-state index >= 15 is 0 Å². The molecule has 0 N–H and O–H groups in total. The Bertz CT molecular complexity index is 1070. The van der Waals surface area contributed by atoms with E-state index in [2.05, 4.69) is 19.9 Å². The number of ether oxygens (including phenoxy) is 1. The molecule has 1 aliphatic heterocycles. The number of hydrogen-bond acceptors (Lipinski definition) is 6. The zero-order valence-corrected chi connectivity index (χ0v) is 17.7. The summed E-state index contributed by atoms with van der Waals surface area (Å²) in [5, 5.41) is 11.6. The highest BCUT2D eigenvalue weighted by atomic mass is 32.1. The molecule has 0 radical (unpaired) electrons. The molecule has 8 heteroatoms. The van der Waals surface area contributed by atoms with Crippen LogP contribution >= 0.6 is 11.3 Å². The molecule has 1 aromatic heterocycles. The van der Waals surface area contributed by atoms with Gasteiger partial charge in [0.1, 0.15) is 0 Å². The van der Waals surface area contributed by atoms with Crippen molar-refractivity contribution in [3.63, 3.8) is 0 Å². The smallest absolute Gasteiger partial charge is 0.269 e. The minimum Gasteiger partial charge on any atom is -0.376 e. The van der Waals surface area contributed by atoms with E-state index < -0.39 is 4.92 Å². The molecule has 4 rings (SSSR count). The highest BCUT2D eigenvalue weighted by molar-refractivity contribution is 7.22. The van der Waals surface area contributed by atoms with E-state index in [-0.39, 0.29) is 17.7 Å². The molecular formula is C22H23N3O4S. The molecule has 1 unspecified atom stereocenters. The number of anilines is 1. The fraction of sp³-hybridized carbons (Fsp3) is 0.364. The fourth-order valence-corrected chi connectivity index (χ4v) is 4.67. The van der Waals surface area contributed by atoms with Crippen molar-refractivity contribution in [2.24, 2.45) is 0 Å². The zero-order valence-electron chi connectivity index (χ0n) is 16.9. The van der Waals surface area contributed by atoms with Crippen molar-refractivity contribution in [2.75, 3.05) is 18.1 Å². The van der Waals surface area contributed by atoms with Crippen molar-refractivity contribution in [2.45, 2.75) is 38.7 Å². The summed E-state index contributed by atoms with van der Waals surface area (Å²) >= 11 is 1.48. The maximum Gasteiger partial charge on any atom is 0.269 e. The van der Waals surface area contributed by atoms with Gasteiger partial charge in [0.25, 0.3) is 11.6 Å². The Hall–Kier alpha value is -2.84. The number of rotatable bonds is 6. The molecule has 7 nitrogen and oxygen atoms in total. The third kappa shape index (κ3) is 4.06. The Labute approximate surface area is 178 Å². The molecule has 1 fully saturated rings. The quantitative estimate of drug-likeness (QED) is 0.402. The van der Waals surface area contributed by atoms with Gasteiger partial charge in [0.15, 0.2) is 5.13 Å². The summed E-state index contributed by atoms with van der Waals surface area (Å²) in [4.78, 5) is 30.3. The summed E-state index contributed by atoms with van der Waals surface area (Å²) in [5.74, 6) is 0.0891. The number of benzene rings is 2. The Kier molecular flexibility index (Phi) is 5.78. The Morgan fingerprint density at radius 2 is 2.07 bits per heavy atom. The molecule has 1 aliphatic rings. The van der Waals surface area contributed by atoms with Crippen LogP contribution in [-0.4, -0.2) is 35.1 Å². The monoisotopic (exact) mass is 425 g/mol. The van der Waals surface area contributed by atoms with Crippen molar-refractivity contribution in [3.8, 4) is 0 Å². The van der Waals surface area contributed by atoms with Gasteiger partial charge in [-0.1, -0.05) is 37.3 Å². The predicted octanol–water partition coefficient (Wildman–Crippen LogP) is 5.15. The first-order chi connectivity index (χ1) is 14.4. The van der Waals surface area contributed by atoms with Crippen molar-refractivity contribution < 1.29 is 14.5 Å². The summed E-state index contributed by atoms with van der Waals surface area (Å²) in [7, 11) is 0. The Morgan fingerprint density at radius 3 is 2.70 bits per heavy atom. The molecule has 0 bridgehead atoms. The second-order valence-electron chi connectivity index (χ2n) is 7.70. The first-order valence-electron chi connectivity index (χ1n) is 10.0. The molecule has 156 valence electrons. The van der Waals surface area contributed by atoms with Crippen LogP contribution < -0.4 is 4.90 Å². The first kappa shape index (κ1) is 20.4. The van der Waals surface area contributed by atoms with Gasteiger partial charge < -0.3 is 4.74 Å². The molecule has 0 spiro atoms. The summed E-state index contributed by atoms with van der Waals surface area (Å²) < 4.78 is 6.80.